The van der Waals surface area contributed by atoms with Crippen LogP contribution >= 0.6 is 0 Å². The third kappa shape index (κ3) is 4.77. The zero-order chi connectivity index (χ0) is 19.3. The maximum absolute atomic E-state index is 13.1. The van der Waals surface area contributed by atoms with Gasteiger partial charge in [0.1, 0.15) is 0 Å². The van der Waals surface area contributed by atoms with Crippen molar-refractivity contribution in [3.8, 4) is 0 Å². The maximum Gasteiger partial charge on any atom is 0.328 e. The van der Waals surface area contributed by atoms with E-state index in [0.717, 1.165) is 31.2 Å². The fourth-order valence-corrected chi connectivity index (χ4v) is 4.81. The van der Waals surface area contributed by atoms with E-state index in [1.165, 1.54) is 0 Å². The number of sulfonamides is 1. The molecule has 2 aromatic rings. The molecule has 0 bridgehead atoms. The van der Waals surface area contributed by atoms with Gasteiger partial charge in [-0.05, 0) is 36.5 Å². The fourth-order valence-electron chi connectivity index (χ4n) is 3.44. The van der Waals surface area contributed by atoms with Gasteiger partial charge in [0.15, 0.2) is 0 Å². The Morgan fingerprint density at radius 1 is 0.889 bits per heavy atom. The summed E-state index contributed by atoms with van der Waals surface area (Å²) in [5.41, 5.74) is 1.92. The second-order valence-corrected chi connectivity index (χ2v) is 8.37. The van der Waals surface area contributed by atoms with Crippen LogP contribution in [0.5, 0.6) is 0 Å². The van der Waals surface area contributed by atoms with Gasteiger partial charge < -0.3 is 5.32 Å². The SMILES string of the molecule is CC(=C(c1ccccc1)S(=O)(=O)NC(=O)NC1CCCC1)c1ccccc1. The molecule has 2 amide bonds. The summed E-state index contributed by atoms with van der Waals surface area (Å²) in [7, 11) is -4.05. The molecule has 0 unspecified atom stereocenters. The standard InChI is InChI=1S/C21H24N2O3S/c1-16(17-10-4-2-5-11-17)20(18-12-6-3-7-13-18)27(25,26)23-21(24)22-19-14-8-9-15-19/h2-7,10-13,19H,8-9,14-15H2,1H3,(H2,22,23,24). The minimum absolute atomic E-state index is 0.0413. The molecule has 1 aliphatic carbocycles. The van der Waals surface area contributed by atoms with E-state index in [1.54, 1.807) is 31.2 Å². The topological polar surface area (TPSA) is 75.3 Å². The minimum Gasteiger partial charge on any atom is -0.335 e. The van der Waals surface area contributed by atoms with Gasteiger partial charge in [-0.1, -0.05) is 73.5 Å². The number of hydrogen-bond acceptors (Lipinski definition) is 3. The molecule has 0 atom stereocenters. The van der Waals surface area contributed by atoms with Gasteiger partial charge in [-0.25, -0.2) is 17.9 Å². The Morgan fingerprint density at radius 2 is 1.41 bits per heavy atom. The van der Waals surface area contributed by atoms with Gasteiger partial charge >= 0.3 is 6.03 Å². The Morgan fingerprint density at radius 3 is 1.96 bits per heavy atom. The number of rotatable bonds is 5. The van der Waals surface area contributed by atoms with Gasteiger partial charge in [-0.2, -0.15) is 0 Å². The summed E-state index contributed by atoms with van der Waals surface area (Å²) in [6.07, 6.45) is 3.88. The minimum atomic E-state index is -4.05. The van der Waals surface area contributed by atoms with Crippen molar-refractivity contribution in [1.82, 2.24) is 10.0 Å². The lowest BCUT2D eigenvalue weighted by Gasteiger charge is -2.17. The first kappa shape index (κ1) is 19.2. The molecule has 1 fully saturated rings. The Bertz CT molecular complexity index is 916. The van der Waals surface area contributed by atoms with Crippen LogP contribution in [-0.4, -0.2) is 20.5 Å². The van der Waals surface area contributed by atoms with Crippen LogP contribution in [0.2, 0.25) is 0 Å². The number of carbonyl (C=O) groups is 1. The van der Waals surface area contributed by atoms with Gasteiger partial charge in [0, 0.05) is 6.04 Å². The molecule has 1 aliphatic rings. The van der Waals surface area contributed by atoms with E-state index in [-0.39, 0.29) is 10.9 Å². The summed E-state index contributed by atoms with van der Waals surface area (Å²) in [6.45, 7) is 1.76. The first-order valence-corrected chi connectivity index (χ1v) is 10.6. The lowest BCUT2D eigenvalue weighted by Crippen LogP contribution is -2.43. The van der Waals surface area contributed by atoms with Crippen molar-refractivity contribution >= 4 is 26.5 Å². The highest BCUT2D eigenvalue weighted by Gasteiger charge is 2.26. The van der Waals surface area contributed by atoms with Crippen LogP contribution in [-0.2, 0) is 10.0 Å². The first-order valence-electron chi connectivity index (χ1n) is 9.12. The van der Waals surface area contributed by atoms with Gasteiger partial charge in [-0.3, -0.25) is 0 Å². The molecule has 3 rings (SSSR count). The number of hydrogen-bond donors (Lipinski definition) is 2. The van der Waals surface area contributed by atoms with Crippen LogP contribution in [0.3, 0.4) is 0 Å². The number of benzene rings is 2. The van der Waals surface area contributed by atoms with Crippen molar-refractivity contribution < 1.29 is 13.2 Å². The van der Waals surface area contributed by atoms with Crippen LogP contribution in [0, 0.1) is 0 Å². The van der Waals surface area contributed by atoms with Crippen LogP contribution < -0.4 is 10.0 Å². The zero-order valence-corrected chi connectivity index (χ0v) is 16.1. The van der Waals surface area contributed by atoms with E-state index in [4.69, 9.17) is 0 Å². The van der Waals surface area contributed by atoms with Crippen molar-refractivity contribution in [3.05, 3.63) is 71.8 Å². The van der Waals surface area contributed by atoms with E-state index in [2.05, 4.69) is 10.0 Å². The van der Waals surface area contributed by atoms with Crippen molar-refractivity contribution in [3.63, 3.8) is 0 Å². The molecule has 2 N–H and O–H groups in total. The molecule has 6 heteroatoms. The van der Waals surface area contributed by atoms with E-state index < -0.39 is 16.1 Å². The molecule has 0 saturated heterocycles. The maximum atomic E-state index is 13.1. The molecule has 1 saturated carbocycles. The Kier molecular flexibility index (Phi) is 5.96. The fraction of sp³-hybridized carbons (Fsp3) is 0.286. The molecule has 0 spiro atoms. The van der Waals surface area contributed by atoms with E-state index in [1.807, 2.05) is 36.4 Å². The van der Waals surface area contributed by atoms with Crippen molar-refractivity contribution in [2.45, 2.75) is 38.6 Å². The highest BCUT2D eigenvalue weighted by Crippen LogP contribution is 2.30. The van der Waals surface area contributed by atoms with E-state index in [0.29, 0.717) is 11.1 Å². The third-order valence-electron chi connectivity index (χ3n) is 4.77. The molecule has 0 heterocycles. The van der Waals surface area contributed by atoms with Crippen LogP contribution in [0.1, 0.15) is 43.7 Å². The molecule has 2 aromatic carbocycles. The summed E-state index contributed by atoms with van der Waals surface area (Å²) in [5, 5.41) is 2.77. The van der Waals surface area contributed by atoms with E-state index >= 15 is 0 Å². The van der Waals surface area contributed by atoms with Gasteiger partial charge in [0.05, 0.1) is 4.91 Å². The number of amides is 2. The van der Waals surface area contributed by atoms with Crippen molar-refractivity contribution in [2.24, 2.45) is 0 Å². The molecule has 0 radical (unpaired) electrons. The van der Waals surface area contributed by atoms with Crippen LogP contribution in [0.25, 0.3) is 10.5 Å². The lowest BCUT2D eigenvalue weighted by molar-refractivity contribution is 0.242. The second kappa shape index (κ2) is 8.39. The first-order chi connectivity index (χ1) is 13.0. The summed E-state index contributed by atoms with van der Waals surface area (Å²) in [6, 6.07) is 17.5. The molecule has 5 nitrogen and oxygen atoms in total. The molecule has 27 heavy (non-hydrogen) atoms. The van der Waals surface area contributed by atoms with Crippen molar-refractivity contribution in [2.75, 3.05) is 0 Å². The van der Waals surface area contributed by atoms with Crippen LogP contribution in [0.15, 0.2) is 60.7 Å². The highest BCUT2D eigenvalue weighted by molar-refractivity contribution is 7.99. The van der Waals surface area contributed by atoms with E-state index in [9.17, 15) is 13.2 Å². The van der Waals surface area contributed by atoms with Gasteiger partial charge in [0.2, 0.25) is 0 Å². The monoisotopic (exact) mass is 384 g/mol. The number of urea groups is 1. The summed E-state index contributed by atoms with van der Waals surface area (Å²) in [4.78, 5) is 12.4. The third-order valence-corrected chi connectivity index (χ3v) is 6.30. The molecular weight excluding hydrogens is 360 g/mol. The summed E-state index contributed by atoms with van der Waals surface area (Å²) < 4.78 is 28.4. The molecular formula is C21H24N2O3S. The second-order valence-electron chi connectivity index (χ2n) is 6.75. The smallest absolute Gasteiger partial charge is 0.328 e. The predicted molar refractivity (Wildman–Crippen MR) is 108 cm³/mol. The molecule has 0 aromatic heterocycles. The predicted octanol–water partition coefficient (Wildman–Crippen LogP) is 4.15. The molecule has 142 valence electrons. The number of carbonyl (C=O) groups excluding carboxylic acids is 1. The Balaban J connectivity index is 1.95. The number of nitrogens with one attached hydrogen (secondary N) is 2. The Hall–Kier alpha value is -2.60. The van der Waals surface area contributed by atoms with Crippen LogP contribution in [0.4, 0.5) is 4.79 Å². The average molecular weight is 385 g/mol. The summed E-state index contributed by atoms with van der Waals surface area (Å²) >= 11 is 0. The quantitative estimate of drug-likeness (QED) is 0.761. The molecule has 0 aliphatic heterocycles. The highest BCUT2D eigenvalue weighted by atomic mass is 32.2. The lowest BCUT2D eigenvalue weighted by atomic mass is 10.0. The largest absolute Gasteiger partial charge is 0.335 e. The normalized spacial score (nSPS) is 15.9. The Labute approximate surface area is 160 Å². The van der Waals surface area contributed by atoms with Gasteiger partial charge in [-0.15, -0.1) is 0 Å². The average Bonchev–Trinajstić information content (AvgIpc) is 3.15. The number of allylic oxidation sites excluding steroid dienone is 1. The summed E-state index contributed by atoms with van der Waals surface area (Å²) in [5.74, 6) is 0. The zero-order valence-electron chi connectivity index (χ0n) is 15.3. The van der Waals surface area contributed by atoms with Crippen molar-refractivity contribution in [1.29, 1.82) is 0 Å². The van der Waals surface area contributed by atoms with Gasteiger partial charge in [0.25, 0.3) is 10.0 Å².